The van der Waals surface area contributed by atoms with Crippen molar-refractivity contribution in [3.05, 3.63) is 48.3 Å². The van der Waals surface area contributed by atoms with Gasteiger partial charge in [-0.15, -0.1) is 24.0 Å². The van der Waals surface area contributed by atoms with Gasteiger partial charge < -0.3 is 15.4 Å². The quantitative estimate of drug-likeness (QED) is 0.284. The third-order valence-electron chi connectivity index (χ3n) is 3.38. The minimum absolute atomic E-state index is 0. The van der Waals surface area contributed by atoms with Crippen molar-refractivity contribution in [2.75, 3.05) is 33.4 Å². The molecule has 0 unspecified atom stereocenters. The molecule has 0 aliphatic heterocycles. The van der Waals surface area contributed by atoms with Gasteiger partial charge in [-0.2, -0.15) is 5.10 Å². The number of aliphatic imine (C=N–C) groups is 1. The normalized spacial score (nSPS) is 11.0. The average Bonchev–Trinajstić information content (AvgIpc) is 3.12. The molecule has 0 bridgehead atoms. The van der Waals surface area contributed by atoms with Crippen molar-refractivity contribution < 1.29 is 4.74 Å². The lowest BCUT2D eigenvalue weighted by Gasteiger charge is -2.12. The lowest BCUT2D eigenvalue weighted by molar-refractivity contribution is 0.152. The fraction of sp³-hybridized carbons (Fsp3) is 0.412. The molecule has 2 rings (SSSR count). The summed E-state index contributed by atoms with van der Waals surface area (Å²) in [6.45, 7) is 5.00. The van der Waals surface area contributed by atoms with Crippen LogP contribution >= 0.6 is 24.0 Å². The van der Waals surface area contributed by atoms with Gasteiger partial charge in [0.15, 0.2) is 5.96 Å². The van der Waals surface area contributed by atoms with Crippen LogP contribution in [0, 0.1) is 0 Å². The number of aromatic nitrogens is 2. The van der Waals surface area contributed by atoms with E-state index in [1.807, 2.05) is 23.9 Å². The Labute approximate surface area is 160 Å². The van der Waals surface area contributed by atoms with E-state index in [0.29, 0.717) is 6.61 Å². The molecular formula is C17H26IN5O. The molecule has 0 aliphatic carbocycles. The highest BCUT2D eigenvalue weighted by Gasteiger charge is 1.99. The van der Waals surface area contributed by atoms with Gasteiger partial charge in [0.05, 0.1) is 12.3 Å². The molecular weight excluding hydrogens is 417 g/mol. The minimum atomic E-state index is 0. The zero-order valence-electron chi connectivity index (χ0n) is 14.2. The second kappa shape index (κ2) is 11.9. The van der Waals surface area contributed by atoms with Gasteiger partial charge in [-0.05, 0) is 37.1 Å². The zero-order chi connectivity index (χ0) is 16.3. The standard InChI is InChI=1S/C17H25N5O.HI/c1-3-23-14-12-20-17(18-2)19-11-9-15-5-7-16(8-6-15)22-13-4-10-21-22;/h4-8,10,13H,3,9,11-12,14H2,1-2H3,(H2,18,19,20);1H. The third kappa shape index (κ3) is 6.88. The lowest BCUT2D eigenvalue weighted by Crippen LogP contribution is -2.39. The van der Waals surface area contributed by atoms with Crippen molar-refractivity contribution in [1.29, 1.82) is 0 Å². The summed E-state index contributed by atoms with van der Waals surface area (Å²) in [7, 11) is 1.77. The summed E-state index contributed by atoms with van der Waals surface area (Å²) in [4.78, 5) is 4.19. The maximum absolute atomic E-state index is 5.29. The average molecular weight is 443 g/mol. The maximum atomic E-state index is 5.29. The van der Waals surface area contributed by atoms with Gasteiger partial charge >= 0.3 is 0 Å². The Balaban J connectivity index is 0.00000288. The fourth-order valence-electron chi connectivity index (χ4n) is 2.17. The smallest absolute Gasteiger partial charge is 0.191 e. The van der Waals surface area contributed by atoms with Crippen molar-refractivity contribution >= 4 is 29.9 Å². The van der Waals surface area contributed by atoms with E-state index in [-0.39, 0.29) is 24.0 Å². The minimum Gasteiger partial charge on any atom is -0.380 e. The van der Waals surface area contributed by atoms with E-state index in [2.05, 4.69) is 45.0 Å². The summed E-state index contributed by atoms with van der Waals surface area (Å²) in [5.74, 6) is 0.804. The number of benzene rings is 1. The number of guanidine groups is 1. The third-order valence-corrected chi connectivity index (χ3v) is 3.38. The molecule has 0 spiro atoms. The Morgan fingerprint density at radius 2 is 1.96 bits per heavy atom. The number of hydrogen-bond acceptors (Lipinski definition) is 3. The van der Waals surface area contributed by atoms with Gasteiger partial charge in [0.1, 0.15) is 0 Å². The highest BCUT2D eigenvalue weighted by molar-refractivity contribution is 14.0. The Morgan fingerprint density at radius 3 is 2.58 bits per heavy atom. The van der Waals surface area contributed by atoms with Crippen LogP contribution in [-0.4, -0.2) is 49.1 Å². The predicted octanol–water partition coefficient (Wildman–Crippen LogP) is 2.23. The molecule has 0 saturated carbocycles. The van der Waals surface area contributed by atoms with Gasteiger partial charge in [-0.1, -0.05) is 12.1 Å². The summed E-state index contributed by atoms with van der Waals surface area (Å²) in [6, 6.07) is 10.3. The van der Waals surface area contributed by atoms with E-state index < -0.39 is 0 Å². The monoisotopic (exact) mass is 443 g/mol. The molecule has 1 aromatic carbocycles. The number of hydrogen-bond donors (Lipinski definition) is 2. The summed E-state index contributed by atoms with van der Waals surface area (Å²) in [6.07, 6.45) is 4.65. The lowest BCUT2D eigenvalue weighted by atomic mass is 10.1. The molecule has 0 saturated heterocycles. The maximum Gasteiger partial charge on any atom is 0.191 e. The van der Waals surface area contributed by atoms with Gasteiger partial charge in [0, 0.05) is 39.1 Å². The first-order valence-corrected chi connectivity index (χ1v) is 7.94. The molecule has 0 atom stereocenters. The summed E-state index contributed by atoms with van der Waals surface area (Å²) in [5.41, 5.74) is 2.35. The predicted molar refractivity (Wildman–Crippen MR) is 109 cm³/mol. The summed E-state index contributed by atoms with van der Waals surface area (Å²) in [5, 5.41) is 10.7. The van der Waals surface area contributed by atoms with E-state index in [0.717, 1.165) is 37.8 Å². The molecule has 0 aliphatic rings. The topological polar surface area (TPSA) is 63.5 Å². The molecule has 6 nitrogen and oxygen atoms in total. The van der Waals surface area contributed by atoms with E-state index in [9.17, 15) is 0 Å². The van der Waals surface area contributed by atoms with E-state index >= 15 is 0 Å². The first-order chi connectivity index (χ1) is 11.3. The zero-order valence-corrected chi connectivity index (χ0v) is 16.6. The van der Waals surface area contributed by atoms with Crippen LogP contribution in [0.5, 0.6) is 0 Å². The number of nitrogens with zero attached hydrogens (tertiary/aromatic N) is 3. The van der Waals surface area contributed by atoms with E-state index in [1.165, 1.54) is 5.56 Å². The summed E-state index contributed by atoms with van der Waals surface area (Å²) < 4.78 is 7.14. The van der Waals surface area contributed by atoms with Crippen molar-refractivity contribution in [2.45, 2.75) is 13.3 Å². The van der Waals surface area contributed by atoms with E-state index in [1.54, 1.807) is 13.2 Å². The molecule has 1 heterocycles. The SMILES string of the molecule is CCOCCNC(=NC)NCCc1ccc(-n2cccn2)cc1.I. The molecule has 132 valence electrons. The fourth-order valence-corrected chi connectivity index (χ4v) is 2.17. The van der Waals surface area contributed by atoms with Crippen LogP contribution in [-0.2, 0) is 11.2 Å². The molecule has 0 amide bonds. The molecule has 2 aromatic rings. The van der Waals surface area contributed by atoms with Crippen molar-refractivity contribution in [1.82, 2.24) is 20.4 Å². The first-order valence-electron chi connectivity index (χ1n) is 7.94. The largest absolute Gasteiger partial charge is 0.380 e. The molecule has 1 aromatic heterocycles. The van der Waals surface area contributed by atoms with Crippen LogP contribution in [0.25, 0.3) is 5.69 Å². The van der Waals surface area contributed by atoms with Crippen molar-refractivity contribution in [3.8, 4) is 5.69 Å². The Hall–Kier alpha value is -1.61. The number of halogens is 1. The van der Waals surface area contributed by atoms with Gasteiger partial charge in [0.25, 0.3) is 0 Å². The Morgan fingerprint density at radius 1 is 1.21 bits per heavy atom. The second-order valence-corrected chi connectivity index (χ2v) is 4.99. The van der Waals surface area contributed by atoms with Crippen molar-refractivity contribution in [2.24, 2.45) is 4.99 Å². The molecule has 0 radical (unpaired) electrons. The number of ether oxygens (including phenoxy) is 1. The van der Waals surface area contributed by atoms with Crippen LogP contribution in [0.3, 0.4) is 0 Å². The first kappa shape index (κ1) is 20.4. The van der Waals surface area contributed by atoms with Gasteiger partial charge in [-0.3, -0.25) is 4.99 Å². The van der Waals surface area contributed by atoms with Crippen LogP contribution in [0.2, 0.25) is 0 Å². The molecule has 0 fully saturated rings. The molecule has 7 heteroatoms. The highest BCUT2D eigenvalue weighted by Crippen LogP contribution is 2.08. The number of nitrogens with one attached hydrogen (secondary N) is 2. The Bertz CT molecular complexity index is 584. The van der Waals surface area contributed by atoms with Crippen molar-refractivity contribution in [3.63, 3.8) is 0 Å². The number of rotatable bonds is 8. The Kier molecular flexibility index (Phi) is 10.1. The van der Waals surface area contributed by atoms with Crippen LogP contribution in [0.4, 0.5) is 0 Å². The summed E-state index contributed by atoms with van der Waals surface area (Å²) >= 11 is 0. The second-order valence-electron chi connectivity index (χ2n) is 4.99. The van der Waals surface area contributed by atoms with Crippen LogP contribution < -0.4 is 10.6 Å². The van der Waals surface area contributed by atoms with E-state index in [4.69, 9.17) is 4.74 Å². The van der Waals surface area contributed by atoms with Gasteiger partial charge in [-0.25, -0.2) is 4.68 Å². The van der Waals surface area contributed by atoms with Gasteiger partial charge in [0.2, 0.25) is 0 Å². The highest BCUT2D eigenvalue weighted by atomic mass is 127. The molecule has 2 N–H and O–H groups in total. The molecule has 24 heavy (non-hydrogen) atoms. The van der Waals surface area contributed by atoms with Crippen LogP contribution in [0.15, 0.2) is 47.7 Å². The van der Waals surface area contributed by atoms with Crippen LogP contribution in [0.1, 0.15) is 12.5 Å².